The number of hydrogen-bond acceptors (Lipinski definition) is 3. The molecule has 31 heavy (non-hydrogen) atoms. The van der Waals surface area contributed by atoms with Gasteiger partial charge in [-0.3, -0.25) is 0 Å². The van der Waals surface area contributed by atoms with Crippen molar-refractivity contribution >= 4 is 66.0 Å². The van der Waals surface area contributed by atoms with Gasteiger partial charge >= 0.3 is 0 Å². The summed E-state index contributed by atoms with van der Waals surface area (Å²) in [7, 11) is 0. The van der Waals surface area contributed by atoms with Crippen molar-refractivity contribution in [3.63, 3.8) is 0 Å². The lowest BCUT2D eigenvalue weighted by atomic mass is 10.1. The van der Waals surface area contributed by atoms with Crippen molar-refractivity contribution in [1.82, 2.24) is 0 Å². The third-order valence-corrected chi connectivity index (χ3v) is 6.06. The summed E-state index contributed by atoms with van der Waals surface area (Å²) in [5.74, 6) is 0. The van der Waals surface area contributed by atoms with Crippen LogP contribution in [0.4, 0.5) is 11.4 Å². The molecule has 2 aromatic heterocycles. The largest absolute Gasteiger partial charge is 0.454 e. The summed E-state index contributed by atoms with van der Waals surface area (Å²) >= 11 is 0. The Labute approximate surface area is 177 Å². The summed E-state index contributed by atoms with van der Waals surface area (Å²) in [6.07, 6.45) is 0. The van der Waals surface area contributed by atoms with E-state index in [1.54, 1.807) is 0 Å². The molecule has 0 bridgehead atoms. The Morgan fingerprint density at radius 2 is 1.03 bits per heavy atom. The van der Waals surface area contributed by atoms with Crippen molar-refractivity contribution < 1.29 is 8.83 Å². The number of benzene rings is 5. The van der Waals surface area contributed by atoms with Crippen LogP contribution in [0.25, 0.3) is 54.6 Å². The number of nitrogens with one attached hydrogen (secondary N) is 1. The first-order valence-corrected chi connectivity index (χ1v) is 10.4. The van der Waals surface area contributed by atoms with Crippen molar-refractivity contribution in [3.05, 3.63) is 97.1 Å². The van der Waals surface area contributed by atoms with Crippen molar-refractivity contribution in [3.8, 4) is 0 Å². The molecule has 0 spiro atoms. The normalized spacial score (nSPS) is 11.9. The van der Waals surface area contributed by atoms with Gasteiger partial charge in [-0.05, 0) is 29.7 Å². The minimum absolute atomic E-state index is 0.849. The van der Waals surface area contributed by atoms with Gasteiger partial charge in [0.2, 0.25) is 0 Å². The molecule has 0 aliphatic carbocycles. The molecule has 3 heteroatoms. The van der Waals surface area contributed by atoms with Gasteiger partial charge in [0.05, 0.1) is 11.4 Å². The molecular formula is C28H17NO2. The maximum atomic E-state index is 6.45. The zero-order chi connectivity index (χ0) is 20.4. The van der Waals surface area contributed by atoms with Crippen LogP contribution in [-0.4, -0.2) is 0 Å². The fourth-order valence-electron chi connectivity index (χ4n) is 4.62. The van der Waals surface area contributed by atoms with E-state index < -0.39 is 0 Å². The van der Waals surface area contributed by atoms with E-state index >= 15 is 0 Å². The van der Waals surface area contributed by atoms with Gasteiger partial charge in [0, 0.05) is 26.9 Å². The van der Waals surface area contributed by atoms with Crippen LogP contribution in [0, 0.1) is 0 Å². The first-order valence-electron chi connectivity index (χ1n) is 10.4. The molecule has 0 saturated heterocycles. The van der Waals surface area contributed by atoms with Crippen LogP contribution in [0.1, 0.15) is 0 Å². The molecule has 0 atom stereocenters. The third kappa shape index (κ3) is 2.34. The molecular weight excluding hydrogens is 382 g/mol. The van der Waals surface area contributed by atoms with E-state index in [9.17, 15) is 0 Å². The highest BCUT2D eigenvalue weighted by Crippen LogP contribution is 2.40. The Morgan fingerprint density at radius 3 is 1.87 bits per heavy atom. The summed E-state index contributed by atoms with van der Waals surface area (Å²) in [4.78, 5) is 0. The molecule has 146 valence electrons. The minimum Gasteiger partial charge on any atom is -0.454 e. The standard InChI is InChI=1S/C28H17NO2/c1-2-8-18-17(7-1)15-16-22-21-11-6-13-24(28(21)31-26(18)22)29-23-12-5-10-20-19-9-3-4-14-25(19)30-27(20)23/h1-16,29H. The van der Waals surface area contributed by atoms with E-state index in [1.165, 1.54) is 5.39 Å². The molecule has 0 aliphatic heterocycles. The van der Waals surface area contributed by atoms with Crippen LogP contribution in [0.5, 0.6) is 0 Å². The van der Waals surface area contributed by atoms with E-state index in [0.717, 1.165) is 60.6 Å². The molecule has 7 rings (SSSR count). The predicted octanol–water partition coefficient (Wildman–Crippen LogP) is 8.38. The SMILES string of the molecule is c1ccc2c(c1)ccc1c3cccc(Nc4cccc5c4oc4ccccc45)c3oc21. The maximum Gasteiger partial charge on any atom is 0.158 e. The van der Waals surface area contributed by atoms with Gasteiger partial charge in [0.25, 0.3) is 0 Å². The van der Waals surface area contributed by atoms with Crippen LogP contribution >= 0.6 is 0 Å². The molecule has 3 nitrogen and oxygen atoms in total. The zero-order valence-corrected chi connectivity index (χ0v) is 16.6. The maximum absolute atomic E-state index is 6.45. The Kier molecular flexibility index (Phi) is 3.27. The predicted molar refractivity (Wildman–Crippen MR) is 128 cm³/mol. The summed E-state index contributed by atoms with van der Waals surface area (Å²) in [5, 5.41) is 10.3. The Hall–Kier alpha value is -4.24. The quantitative estimate of drug-likeness (QED) is 0.317. The number of para-hydroxylation sites is 3. The van der Waals surface area contributed by atoms with Crippen molar-refractivity contribution in [2.24, 2.45) is 0 Å². The van der Waals surface area contributed by atoms with Crippen LogP contribution in [-0.2, 0) is 0 Å². The summed E-state index contributed by atoms with van der Waals surface area (Å²) in [6, 6.07) is 33.2. The van der Waals surface area contributed by atoms with Gasteiger partial charge in [0.1, 0.15) is 11.2 Å². The van der Waals surface area contributed by atoms with Gasteiger partial charge in [-0.1, -0.05) is 72.8 Å². The molecule has 0 amide bonds. The number of anilines is 2. The van der Waals surface area contributed by atoms with Crippen molar-refractivity contribution in [2.45, 2.75) is 0 Å². The molecule has 5 aromatic carbocycles. The first-order chi connectivity index (χ1) is 15.4. The van der Waals surface area contributed by atoms with Crippen LogP contribution < -0.4 is 5.32 Å². The Morgan fingerprint density at radius 1 is 0.419 bits per heavy atom. The van der Waals surface area contributed by atoms with E-state index in [0.29, 0.717) is 0 Å². The van der Waals surface area contributed by atoms with Crippen molar-refractivity contribution in [1.29, 1.82) is 0 Å². The Bertz CT molecular complexity index is 1770. The summed E-state index contributed by atoms with van der Waals surface area (Å²) < 4.78 is 12.6. The number of furan rings is 2. The average Bonchev–Trinajstić information content (AvgIpc) is 3.39. The van der Waals surface area contributed by atoms with Gasteiger partial charge in [0.15, 0.2) is 11.2 Å². The number of fused-ring (bicyclic) bond motifs is 8. The number of hydrogen-bond donors (Lipinski definition) is 1. The summed E-state index contributed by atoms with van der Waals surface area (Å²) in [6.45, 7) is 0. The van der Waals surface area contributed by atoms with Crippen molar-refractivity contribution in [2.75, 3.05) is 5.32 Å². The fourth-order valence-corrected chi connectivity index (χ4v) is 4.62. The highest BCUT2D eigenvalue weighted by atomic mass is 16.3. The smallest absolute Gasteiger partial charge is 0.158 e. The van der Waals surface area contributed by atoms with Crippen LogP contribution in [0.3, 0.4) is 0 Å². The molecule has 7 aromatic rings. The second-order valence-corrected chi connectivity index (χ2v) is 7.85. The second-order valence-electron chi connectivity index (χ2n) is 7.85. The van der Waals surface area contributed by atoms with E-state index in [4.69, 9.17) is 8.83 Å². The lowest BCUT2D eigenvalue weighted by Gasteiger charge is -2.07. The van der Waals surface area contributed by atoms with Gasteiger partial charge < -0.3 is 14.2 Å². The Balaban J connectivity index is 1.46. The molecule has 0 fully saturated rings. The zero-order valence-electron chi connectivity index (χ0n) is 16.6. The molecule has 0 aliphatic rings. The van der Waals surface area contributed by atoms with Gasteiger partial charge in [-0.25, -0.2) is 0 Å². The third-order valence-electron chi connectivity index (χ3n) is 6.06. The highest BCUT2D eigenvalue weighted by molar-refractivity contribution is 6.17. The lowest BCUT2D eigenvalue weighted by molar-refractivity contribution is 0.669. The van der Waals surface area contributed by atoms with Crippen LogP contribution in [0.15, 0.2) is 106 Å². The van der Waals surface area contributed by atoms with E-state index in [2.05, 4.69) is 72.0 Å². The molecule has 2 heterocycles. The lowest BCUT2D eigenvalue weighted by Crippen LogP contribution is -1.90. The van der Waals surface area contributed by atoms with Crippen LogP contribution in [0.2, 0.25) is 0 Å². The molecule has 0 radical (unpaired) electrons. The molecule has 0 saturated carbocycles. The minimum atomic E-state index is 0.849. The summed E-state index contributed by atoms with van der Waals surface area (Å²) in [5.41, 5.74) is 5.35. The van der Waals surface area contributed by atoms with Gasteiger partial charge in [-0.15, -0.1) is 0 Å². The fraction of sp³-hybridized carbons (Fsp3) is 0. The topological polar surface area (TPSA) is 38.3 Å². The highest BCUT2D eigenvalue weighted by Gasteiger charge is 2.15. The molecule has 1 N–H and O–H groups in total. The molecule has 0 unspecified atom stereocenters. The monoisotopic (exact) mass is 399 g/mol. The first kappa shape index (κ1) is 16.5. The van der Waals surface area contributed by atoms with E-state index in [-0.39, 0.29) is 0 Å². The second kappa shape index (κ2) is 6.13. The van der Waals surface area contributed by atoms with E-state index in [1.807, 2.05) is 30.3 Å². The number of rotatable bonds is 2. The average molecular weight is 399 g/mol. The van der Waals surface area contributed by atoms with Gasteiger partial charge in [-0.2, -0.15) is 0 Å².